The molecule has 1 aliphatic heterocycles. The van der Waals surface area contributed by atoms with Crippen LogP contribution in [0.4, 0.5) is 18.0 Å². The largest absolute Gasteiger partial charge is 0.391 e. The molecule has 3 amide bonds. The van der Waals surface area contributed by atoms with Crippen molar-refractivity contribution in [3.63, 3.8) is 0 Å². The van der Waals surface area contributed by atoms with Crippen LogP contribution in [-0.4, -0.2) is 24.2 Å². The van der Waals surface area contributed by atoms with E-state index in [1.54, 1.807) is 0 Å². The van der Waals surface area contributed by atoms with Crippen LogP contribution in [0.25, 0.3) is 0 Å². The van der Waals surface area contributed by atoms with E-state index in [0.29, 0.717) is 0 Å². The molecule has 1 aliphatic rings. The minimum Gasteiger partial charge on any atom is -0.326 e. The lowest BCUT2D eigenvalue weighted by Crippen LogP contribution is -2.34. The van der Waals surface area contributed by atoms with E-state index in [2.05, 4.69) is 5.32 Å². The SMILES string of the molecule is CC(CC1NC(=O)NC1=O)C(F)(F)F. The topological polar surface area (TPSA) is 58.2 Å². The minimum absolute atomic E-state index is 0.429. The van der Waals surface area contributed by atoms with Crippen molar-refractivity contribution in [3.8, 4) is 0 Å². The van der Waals surface area contributed by atoms with Gasteiger partial charge >= 0.3 is 12.2 Å². The fourth-order valence-electron chi connectivity index (χ4n) is 1.11. The Morgan fingerprint density at radius 2 is 2.00 bits per heavy atom. The molecule has 80 valence electrons. The second-order valence-corrected chi connectivity index (χ2v) is 3.19. The van der Waals surface area contributed by atoms with Crippen LogP contribution in [0, 0.1) is 5.92 Å². The summed E-state index contributed by atoms with van der Waals surface area (Å²) in [5.41, 5.74) is 0. The summed E-state index contributed by atoms with van der Waals surface area (Å²) in [4.78, 5) is 21.5. The highest BCUT2D eigenvalue weighted by molar-refractivity contribution is 6.04. The molecule has 0 spiro atoms. The molecular weight excluding hydrogens is 201 g/mol. The van der Waals surface area contributed by atoms with Crippen LogP contribution in [0.1, 0.15) is 13.3 Å². The Bertz CT molecular complexity index is 264. The molecule has 0 radical (unpaired) electrons. The van der Waals surface area contributed by atoms with E-state index in [4.69, 9.17) is 0 Å². The van der Waals surface area contributed by atoms with Gasteiger partial charge in [-0.3, -0.25) is 10.1 Å². The Labute approximate surface area is 77.8 Å². The van der Waals surface area contributed by atoms with Crippen LogP contribution in [-0.2, 0) is 4.79 Å². The lowest BCUT2D eigenvalue weighted by molar-refractivity contribution is -0.172. The highest BCUT2D eigenvalue weighted by Gasteiger charge is 2.40. The molecule has 1 saturated heterocycles. The molecule has 1 fully saturated rings. The molecule has 1 heterocycles. The van der Waals surface area contributed by atoms with Crippen LogP contribution in [0.2, 0.25) is 0 Å². The van der Waals surface area contributed by atoms with Gasteiger partial charge in [0, 0.05) is 0 Å². The standard InChI is InChI=1S/C7H9F3N2O2/c1-3(7(8,9)10)2-4-5(13)12-6(14)11-4/h3-4H,2H2,1H3,(H2,11,12,13,14). The Balaban J connectivity index is 2.53. The molecule has 1 rings (SSSR count). The van der Waals surface area contributed by atoms with Gasteiger partial charge in [-0.1, -0.05) is 6.92 Å². The van der Waals surface area contributed by atoms with Gasteiger partial charge in [-0.05, 0) is 6.42 Å². The highest BCUT2D eigenvalue weighted by atomic mass is 19.4. The zero-order valence-corrected chi connectivity index (χ0v) is 7.31. The third-order valence-corrected chi connectivity index (χ3v) is 2.01. The van der Waals surface area contributed by atoms with Crippen molar-refractivity contribution >= 4 is 11.9 Å². The molecule has 2 atom stereocenters. The molecule has 0 saturated carbocycles. The van der Waals surface area contributed by atoms with Crippen molar-refractivity contribution in [2.45, 2.75) is 25.6 Å². The second-order valence-electron chi connectivity index (χ2n) is 3.19. The molecule has 0 bridgehead atoms. The first kappa shape index (κ1) is 10.8. The van der Waals surface area contributed by atoms with Gasteiger partial charge in [0.05, 0.1) is 5.92 Å². The number of hydrogen-bond acceptors (Lipinski definition) is 2. The van der Waals surface area contributed by atoms with Crippen molar-refractivity contribution < 1.29 is 22.8 Å². The fraction of sp³-hybridized carbons (Fsp3) is 0.714. The maximum absolute atomic E-state index is 12.1. The Hall–Kier alpha value is -1.27. The summed E-state index contributed by atoms with van der Waals surface area (Å²) in [6.45, 7) is 0.970. The van der Waals surface area contributed by atoms with Crippen LogP contribution in [0.5, 0.6) is 0 Å². The number of alkyl halides is 3. The Morgan fingerprint density at radius 3 is 2.36 bits per heavy atom. The first-order valence-electron chi connectivity index (χ1n) is 3.99. The van der Waals surface area contributed by atoms with E-state index >= 15 is 0 Å². The van der Waals surface area contributed by atoms with E-state index in [0.717, 1.165) is 6.92 Å². The number of rotatable bonds is 2. The number of amides is 3. The molecule has 7 heteroatoms. The Kier molecular flexibility index (Phi) is 2.68. The van der Waals surface area contributed by atoms with Crippen LogP contribution >= 0.6 is 0 Å². The van der Waals surface area contributed by atoms with E-state index in [-0.39, 0.29) is 0 Å². The average molecular weight is 210 g/mol. The summed E-state index contributed by atoms with van der Waals surface area (Å²) in [6, 6.07) is -1.81. The molecular formula is C7H9F3N2O2. The maximum atomic E-state index is 12.1. The summed E-state index contributed by atoms with van der Waals surface area (Å²) in [6.07, 6.45) is -4.77. The van der Waals surface area contributed by atoms with Gasteiger partial charge in [0.25, 0.3) is 5.91 Å². The second kappa shape index (κ2) is 3.47. The number of imide groups is 1. The summed E-state index contributed by atoms with van der Waals surface area (Å²) < 4.78 is 36.2. The first-order chi connectivity index (χ1) is 6.30. The number of carbonyl (C=O) groups excluding carboxylic acids is 2. The third kappa shape index (κ3) is 2.36. The van der Waals surface area contributed by atoms with E-state index in [1.165, 1.54) is 0 Å². The summed E-state index contributed by atoms with van der Waals surface area (Å²) in [7, 11) is 0. The van der Waals surface area contributed by atoms with E-state index < -0.39 is 36.5 Å². The predicted molar refractivity (Wildman–Crippen MR) is 40.3 cm³/mol. The van der Waals surface area contributed by atoms with Gasteiger partial charge in [0.1, 0.15) is 6.04 Å². The molecule has 0 aliphatic carbocycles. The monoisotopic (exact) mass is 210 g/mol. The average Bonchev–Trinajstić information content (AvgIpc) is 2.28. The summed E-state index contributed by atoms with van der Waals surface area (Å²) in [5, 5.41) is 3.97. The van der Waals surface area contributed by atoms with Crippen molar-refractivity contribution in [2.24, 2.45) is 5.92 Å². The normalized spacial score (nSPS) is 24.4. The highest BCUT2D eigenvalue weighted by Crippen LogP contribution is 2.29. The van der Waals surface area contributed by atoms with Crippen molar-refractivity contribution in [1.82, 2.24) is 10.6 Å². The molecule has 2 unspecified atom stereocenters. The fourth-order valence-corrected chi connectivity index (χ4v) is 1.11. The number of nitrogens with one attached hydrogen (secondary N) is 2. The quantitative estimate of drug-likeness (QED) is 0.662. The van der Waals surface area contributed by atoms with Crippen molar-refractivity contribution in [3.05, 3.63) is 0 Å². The van der Waals surface area contributed by atoms with E-state index in [1.807, 2.05) is 5.32 Å². The van der Waals surface area contributed by atoms with Gasteiger partial charge in [0.2, 0.25) is 0 Å². The summed E-state index contributed by atoms with van der Waals surface area (Å²) >= 11 is 0. The molecule has 0 aromatic carbocycles. The van der Waals surface area contributed by atoms with E-state index in [9.17, 15) is 22.8 Å². The third-order valence-electron chi connectivity index (χ3n) is 2.01. The lowest BCUT2D eigenvalue weighted by atomic mass is 10.0. The number of urea groups is 1. The van der Waals surface area contributed by atoms with Crippen LogP contribution in [0.15, 0.2) is 0 Å². The maximum Gasteiger partial charge on any atom is 0.391 e. The molecule has 2 N–H and O–H groups in total. The van der Waals surface area contributed by atoms with Crippen molar-refractivity contribution in [1.29, 1.82) is 0 Å². The van der Waals surface area contributed by atoms with Gasteiger partial charge in [-0.15, -0.1) is 0 Å². The smallest absolute Gasteiger partial charge is 0.326 e. The number of carbonyl (C=O) groups is 2. The number of halogens is 3. The zero-order valence-electron chi connectivity index (χ0n) is 7.31. The predicted octanol–water partition coefficient (Wildman–Crippen LogP) is 0.783. The number of hydrogen-bond donors (Lipinski definition) is 2. The zero-order chi connectivity index (χ0) is 10.9. The Morgan fingerprint density at radius 1 is 1.43 bits per heavy atom. The van der Waals surface area contributed by atoms with Crippen LogP contribution in [0.3, 0.4) is 0 Å². The minimum atomic E-state index is -4.34. The van der Waals surface area contributed by atoms with Crippen molar-refractivity contribution in [2.75, 3.05) is 0 Å². The summed E-state index contributed by atoms with van der Waals surface area (Å²) in [5.74, 6) is -2.32. The first-order valence-corrected chi connectivity index (χ1v) is 3.99. The van der Waals surface area contributed by atoms with Crippen LogP contribution < -0.4 is 10.6 Å². The lowest BCUT2D eigenvalue weighted by Gasteiger charge is -2.17. The molecule has 0 aromatic rings. The molecule has 14 heavy (non-hydrogen) atoms. The van der Waals surface area contributed by atoms with Gasteiger partial charge < -0.3 is 5.32 Å². The molecule has 0 aromatic heterocycles. The van der Waals surface area contributed by atoms with Gasteiger partial charge in [0.15, 0.2) is 0 Å². The van der Waals surface area contributed by atoms with Gasteiger partial charge in [-0.25, -0.2) is 4.79 Å². The van der Waals surface area contributed by atoms with Gasteiger partial charge in [-0.2, -0.15) is 13.2 Å². The molecule has 4 nitrogen and oxygen atoms in total.